The van der Waals surface area contributed by atoms with Crippen molar-refractivity contribution in [3.63, 3.8) is 0 Å². The van der Waals surface area contributed by atoms with Crippen LogP contribution in [0.15, 0.2) is 48.7 Å². The Morgan fingerprint density at radius 1 is 1.23 bits per heavy atom. The standard InChI is InChI=1S/C17H21N3O2/c1-21-16(18)8-5-11-22-17-12-15(9-10-19-17)20-13-14-6-3-2-4-7-14/h2-4,6-7,9-10,12,18H,5,8,11,13H2,1H3,(H,19,20). The van der Waals surface area contributed by atoms with Crippen LogP contribution in [0.1, 0.15) is 18.4 Å². The maximum atomic E-state index is 7.39. The summed E-state index contributed by atoms with van der Waals surface area (Å²) in [6, 6.07) is 14.0. The third-order valence-electron chi connectivity index (χ3n) is 3.12. The van der Waals surface area contributed by atoms with E-state index in [1.54, 1.807) is 6.20 Å². The fraction of sp³-hybridized carbons (Fsp3) is 0.294. The molecule has 5 nitrogen and oxygen atoms in total. The number of hydrogen-bond donors (Lipinski definition) is 2. The zero-order chi connectivity index (χ0) is 15.6. The first-order chi connectivity index (χ1) is 10.8. The number of nitrogens with one attached hydrogen (secondary N) is 2. The zero-order valence-electron chi connectivity index (χ0n) is 12.7. The van der Waals surface area contributed by atoms with Crippen molar-refractivity contribution < 1.29 is 9.47 Å². The Balaban J connectivity index is 1.78. The van der Waals surface area contributed by atoms with Gasteiger partial charge in [-0.15, -0.1) is 0 Å². The Labute approximate surface area is 130 Å². The van der Waals surface area contributed by atoms with E-state index in [-0.39, 0.29) is 5.90 Å². The van der Waals surface area contributed by atoms with Gasteiger partial charge in [0.25, 0.3) is 0 Å². The van der Waals surface area contributed by atoms with Crippen LogP contribution in [-0.2, 0) is 11.3 Å². The van der Waals surface area contributed by atoms with Gasteiger partial charge >= 0.3 is 0 Å². The minimum Gasteiger partial charge on any atom is -0.484 e. The monoisotopic (exact) mass is 299 g/mol. The van der Waals surface area contributed by atoms with Crippen molar-refractivity contribution in [2.24, 2.45) is 0 Å². The number of anilines is 1. The van der Waals surface area contributed by atoms with Gasteiger partial charge in [0.05, 0.1) is 13.7 Å². The van der Waals surface area contributed by atoms with Crippen molar-refractivity contribution in [3.8, 4) is 5.88 Å². The lowest BCUT2D eigenvalue weighted by Crippen LogP contribution is -2.05. The summed E-state index contributed by atoms with van der Waals surface area (Å²) in [6.45, 7) is 1.27. The maximum Gasteiger partial charge on any atom is 0.215 e. The molecule has 5 heteroatoms. The molecule has 22 heavy (non-hydrogen) atoms. The van der Waals surface area contributed by atoms with Crippen LogP contribution in [0.25, 0.3) is 0 Å². The molecule has 0 aliphatic carbocycles. The first-order valence-corrected chi connectivity index (χ1v) is 7.26. The van der Waals surface area contributed by atoms with Crippen molar-refractivity contribution in [2.45, 2.75) is 19.4 Å². The van der Waals surface area contributed by atoms with E-state index >= 15 is 0 Å². The maximum absolute atomic E-state index is 7.39. The van der Waals surface area contributed by atoms with Gasteiger partial charge in [0.1, 0.15) is 0 Å². The predicted molar refractivity (Wildman–Crippen MR) is 87.5 cm³/mol. The largest absolute Gasteiger partial charge is 0.484 e. The number of nitrogens with zero attached hydrogens (tertiary/aromatic N) is 1. The molecule has 1 aromatic heterocycles. The van der Waals surface area contributed by atoms with E-state index in [2.05, 4.69) is 22.4 Å². The summed E-state index contributed by atoms with van der Waals surface area (Å²) in [5, 5.41) is 10.7. The van der Waals surface area contributed by atoms with E-state index in [1.165, 1.54) is 12.7 Å². The SMILES string of the molecule is COC(=N)CCCOc1cc(NCc2ccccc2)ccn1. The van der Waals surface area contributed by atoms with Crippen molar-refractivity contribution in [1.29, 1.82) is 5.41 Å². The van der Waals surface area contributed by atoms with Gasteiger partial charge in [-0.05, 0) is 18.1 Å². The van der Waals surface area contributed by atoms with Crippen LogP contribution in [0.3, 0.4) is 0 Å². The second kappa shape index (κ2) is 8.67. The molecule has 0 aliphatic rings. The van der Waals surface area contributed by atoms with Gasteiger partial charge in [-0.1, -0.05) is 30.3 Å². The van der Waals surface area contributed by atoms with Gasteiger partial charge < -0.3 is 14.8 Å². The van der Waals surface area contributed by atoms with E-state index in [1.807, 2.05) is 30.3 Å². The van der Waals surface area contributed by atoms with Crippen LogP contribution >= 0.6 is 0 Å². The van der Waals surface area contributed by atoms with E-state index in [4.69, 9.17) is 14.9 Å². The molecule has 0 spiro atoms. The fourth-order valence-corrected chi connectivity index (χ4v) is 1.91. The third-order valence-corrected chi connectivity index (χ3v) is 3.12. The summed E-state index contributed by atoms with van der Waals surface area (Å²) in [5.74, 6) is 0.858. The Kier molecular flexibility index (Phi) is 6.23. The highest BCUT2D eigenvalue weighted by atomic mass is 16.5. The number of hydrogen-bond acceptors (Lipinski definition) is 5. The van der Waals surface area contributed by atoms with E-state index in [0.29, 0.717) is 18.9 Å². The molecule has 2 rings (SSSR count). The Bertz CT molecular complexity index is 587. The second-order valence-electron chi connectivity index (χ2n) is 4.80. The molecule has 0 radical (unpaired) electrons. The number of ether oxygens (including phenoxy) is 2. The van der Waals surface area contributed by atoms with Crippen LogP contribution in [0, 0.1) is 5.41 Å². The first-order valence-electron chi connectivity index (χ1n) is 7.26. The predicted octanol–water partition coefficient (Wildman–Crippen LogP) is 3.48. The van der Waals surface area contributed by atoms with Crippen molar-refractivity contribution in [1.82, 2.24) is 4.98 Å². The quantitative estimate of drug-likeness (QED) is 0.445. The number of rotatable bonds is 8. The summed E-state index contributed by atoms with van der Waals surface area (Å²) in [7, 11) is 1.51. The highest BCUT2D eigenvalue weighted by Gasteiger charge is 2.00. The van der Waals surface area contributed by atoms with E-state index in [9.17, 15) is 0 Å². The lowest BCUT2D eigenvalue weighted by molar-refractivity contribution is 0.295. The molecule has 0 atom stereocenters. The zero-order valence-corrected chi connectivity index (χ0v) is 12.7. The molecule has 0 aliphatic heterocycles. The van der Waals surface area contributed by atoms with Gasteiger partial charge in [-0.3, -0.25) is 5.41 Å². The van der Waals surface area contributed by atoms with Crippen LogP contribution in [0.4, 0.5) is 5.69 Å². The molecule has 0 unspecified atom stereocenters. The molecule has 2 aromatic rings. The topological polar surface area (TPSA) is 67.2 Å². The molecule has 116 valence electrons. The smallest absolute Gasteiger partial charge is 0.215 e. The number of methoxy groups -OCH3 is 1. The fourth-order valence-electron chi connectivity index (χ4n) is 1.91. The van der Waals surface area contributed by atoms with Gasteiger partial charge in [-0.2, -0.15) is 0 Å². The van der Waals surface area contributed by atoms with Crippen LogP contribution in [-0.4, -0.2) is 24.6 Å². The summed E-state index contributed by atoms with van der Waals surface area (Å²) in [5.41, 5.74) is 2.19. The Morgan fingerprint density at radius 2 is 2.05 bits per heavy atom. The molecule has 2 N–H and O–H groups in total. The second-order valence-corrected chi connectivity index (χ2v) is 4.80. The Morgan fingerprint density at radius 3 is 2.82 bits per heavy atom. The summed E-state index contributed by atoms with van der Waals surface area (Å²) < 4.78 is 10.4. The molecular weight excluding hydrogens is 278 g/mol. The molecule has 0 saturated heterocycles. The number of aromatic nitrogens is 1. The molecule has 1 aromatic carbocycles. The molecule has 0 fully saturated rings. The highest BCUT2D eigenvalue weighted by molar-refractivity contribution is 5.72. The van der Waals surface area contributed by atoms with E-state index < -0.39 is 0 Å². The summed E-state index contributed by atoms with van der Waals surface area (Å²) in [6.07, 6.45) is 3.03. The minimum atomic E-state index is 0.273. The Hall–Kier alpha value is -2.56. The lowest BCUT2D eigenvalue weighted by Gasteiger charge is -2.09. The number of pyridine rings is 1. The van der Waals surface area contributed by atoms with Crippen LogP contribution in [0.2, 0.25) is 0 Å². The number of benzene rings is 1. The van der Waals surface area contributed by atoms with E-state index in [0.717, 1.165) is 18.7 Å². The first kappa shape index (κ1) is 15.8. The van der Waals surface area contributed by atoms with Crippen LogP contribution in [0.5, 0.6) is 5.88 Å². The molecule has 0 amide bonds. The van der Waals surface area contributed by atoms with Crippen molar-refractivity contribution >= 4 is 11.6 Å². The molecule has 0 bridgehead atoms. The summed E-state index contributed by atoms with van der Waals surface area (Å²) in [4.78, 5) is 4.18. The minimum absolute atomic E-state index is 0.273. The molecule has 1 heterocycles. The molecular formula is C17H21N3O2. The third kappa shape index (κ3) is 5.44. The highest BCUT2D eigenvalue weighted by Crippen LogP contribution is 2.15. The van der Waals surface area contributed by atoms with Crippen molar-refractivity contribution in [2.75, 3.05) is 19.0 Å². The average Bonchev–Trinajstić information content (AvgIpc) is 2.58. The average molecular weight is 299 g/mol. The normalized spacial score (nSPS) is 10.0. The van der Waals surface area contributed by atoms with Crippen molar-refractivity contribution in [3.05, 3.63) is 54.2 Å². The van der Waals surface area contributed by atoms with Crippen LogP contribution < -0.4 is 10.1 Å². The lowest BCUT2D eigenvalue weighted by atomic mass is 10.2. The van der Waals surface area contributed by atoms with Gasteiger partial charge in [-0.25, -0.2) is 4.98 Å². The summed E-state index contributed by atoms with van der Waals surface area (Å²) >= 11 is 0. The molecule has 0 saturated carbocycles. The van der Waals surface area contributed by atoms with Gasteiger partial charge in [0, 0.05) is 30.9 Å². The van der Waals surface area contributed by atoms with Gasteiger partial charge in [0.2, 0.25) is 5.88 Å². The van der Waals surface area contributed by atoms with Gasteiger partial charge in [0.15, 0.2) is 5.90 Å².